The number of rotatable bonds is 2. The van der Waals surface area contributed by atoms with E-state index in [1.807, 2.05) is 6.07 Å². The van der Waals surface area contributed by atoms with Gasteiger partial charge in [0.05, 0.1) is 0 Å². The Balaban J connectivity index is 2.32. The molecular formula is C13H13F3N2O. The number of pyridine rings is 1. The first-order chi connectivity index (χ1) is 8.91. The van der Waals surface area contributed by atoms with Gasteiger partial charge in [0.25, 0.3) is 0 Å². The molecule has 19 heavy (non-hydrogen) atoms. The standard InChI is InChI=1S/C13H13F3N2O/c1-8(13(14,15)16)19-12-10(7-17)6-9-4-2-3-5-11(9)18-12/h6,8H,2-5H2,1H3. The molecule has 1 heterocycles. The molecule has 1 unspecified atom stereocenters. The van der Waals surface area contributed by atoms with E-state index in [1.54, 1.807) is 6.07 Å². The number of alkyl halides is 3. The Hall–Kier alpha value is -1.77. The van der Waals surface area contributed by atoms with E-state index in [2.05, 4.69) is 4.98 Å². The maximum Gasteiger partial charge on any atom is 0.425 e. The Kier molecular flexibility index (Phi) is 3.65. The fraction of sp³-hybridized carbons (Fsp3) is 0.538. The van der Waals surface area contributed by atoms with E-state index in [0.717, 1.165) is 43.9 Å². The number of aromatic nitrogens is 1. The second-order valence-corrected chi connectivity index (χ2v) is 4.57. The van der Waals surface area contributed by atoms with Gasteiger partial charge in [-0.2, -0.15) is 18.4 Å². The average Bonchev–Trinajstić information content (AvgIpc) is 2.36. The summed E-state index contributed by atoms with van der Waals surface area (Å²) in [4.78, 5) is 4.09. The van der Waals surface area contributed by atoms with E-state index in [0.29, 0.717) is 0 Å². The van der Waals surface area contributed by atoms with Crippen LogP contribution >= 0.6 is 0 Å². The molecule has 102 valence electrons. The van der Waals surface area contributed by atoms with Gasteiger partial charge >= 0.3 is 6.18 Å². The number of aryl methyl sites for hydroxylation is 2. The van der Waals surface area contributed by atoms with Crippen LogP contribution in [0.5, 0.6) is 5.88 Å². The van der Waals surface area contributed by atoms with Gasteiger partial charge in [-0.3, -0.25) is 0 Å². The molecule has 1 aliphatic rings. The summed E-state index contributed by atoms with van der Waals surface area (Å²) >= 11 is 0. The van der Waals surface area contributed by atoms with Gasteiger partial charge in [-0.05, 0) is 44.2 Å². The highest BCUT2D eigenvalue weighted by molar-refractivity contribution is 5.43. The van der Waals surface area contributed by atoms with Gasteiger partial charge < -0.3 is 4.74 Å². The highest BCUT2D eigenvalue weighted by Gasteiger charge is 2.38. The summed E-state index contributed by atoms with van der Waals surface area (Å²) in [6, 6.07) is 3.44. The van der Waals surface area contributed by atoms with Crippen LogP contribution in [0.25, 0.3) is 0 Å². The summed E-state index contributed by atoms with van der Waals surface area (Å²) in [5.41, 5.74) is 1.75. The zero-order valence-corrected chi connectivity index (χ0v) is 10.4. The fourth-order valence-electron chi connectivity index (χ4n) is 2.02. The van der Waals surface area contributed by atoms with Crippen molar-refractivity contribution >= 4 is 0 Å². The fourth-order valence-corrected chi connectivity index (χ4v) is 2.02. The third kappa shape index (κ3) is 2.98. The molecule has 1 aromatic rings. The Morgan fingerprint density at radius 3 is 2.68 bits per heavy atom. The van der Waals surface area contributed by atoms with Crippen molar-refractivity contribution < 1.29 is 17.9 Å². The minimum atomic E-state index is -4.47. The lowest BCUT2D eigenvalue weighted by Crippen LogP contribution is -2.32. The van der Waals surface area contributed by atoms with Crippen LogP contribution in [-0.4, -0.2) is 17.3 Å². The number of ether oxygens (including phenoxy) is 1. The van der Waals surface area contributed by atoms with Gasteiger partial charge in [0.2, 0.25) is 5.88 Å². The molecule has 0 saturated carbocycles. The largest absolute Gasteiger partial charge is 0.464 e. The third-order valence-corrected chi connectivity index (χ3v) is 3.14. The van der Waals surface area contributed by atoms with E-state index in [-0.39, 0.29) is 11.4 Å². The first kappa shape index (κ1) is 13.7. The highest BCUT2D eigenvalue weighted by Crippen LogP contribution is 2.29. The molecule has 0 radical (unpaired) electrons. The molecule has 3 nitrogen and oxygen atoms in total. The normalized spacial score (nSPS) is 16.4. The first-order valence-electron chi connectivity index (χ1n) is 6.08. The van der Waals surface area contributed by atoms with Crippen LogP contribution in [0, 0.1) is 11.3 Å². The quantitative estimate of drug-likeness (QED) is 0.829. The Labute approximate surface area is 109 Å². The lowest BCUT2D eigenvalue weighted by Gasteiger charge is -2.20. The number of nitrogens with zero attached hydrogens (tertiary/aromatic N) is 2. The predicted octanol–water partition coefficient (Wildman–Crippen LogP) is 3.16. The van der Waals surface area contributed by atoms with E-state index in [1.165, 1.54) is 0 Å². The van der Waals surface area contributed by atoms with Crippen LogP contribution in [-0.2, 0) is 12.8 Å². The van der Waals surface area contributed by atoms with E-state index in [4.69, 9.17) is 10.00 Å². The van der Waals surface area contributed by atoms with Crippen molar-refractivity contribution in [2.24, 2.45) is 0 Å². The van der Waals surface area contributed by atoms with Crippen LogP contribution < -0.4 is 4.74 Å². The van der Waals surface area contributed by atoms with Crippen molar-refractivity contribution in [3.05, 3.63) is 22.9 Å². The van der Waals surface area contributed by atoms with E-state index in [9.17, 15) is 13.2 Å². The third-order valence-electron chi connectivity index (χ3n) is 3.14. The van der Waals surface area contributed by atoms with E-state index < -0.39 is 12.3 Å². The summed E-state index contributed by atoms with van der Waals surface area (Å²) < 4.78 is 42.2. The second kappa shape index (κ2) is 5.08. The van der Waals surface area contributed by atoms with Gasteiger partial charge in [0.1, 0.15) is 11.6 Å². The molecule has 0 saturated heterocycles. The van der Waals surface area contributed by atoms with Crippen LogP contribution in [0.1, 0.15) is 36.6 Å². The molecule has 0 bridgehead atoms. The molecule has 1 aromatic heterocycles. The summed E-state index contributed by atoms with van der Waals surface area (Å²) in [6.07, 6.45) is -2.94. The molecule has 0 aliphatic heterocycles. The van der Waals surface area contributed by atoms with Gasteiger partial charge in [-0.1, -0.05) is 0 Å². The zero-order valence-electron chi connectivity index (χ0n) is 10.4. The summed E-state index contributed by atoms with van der Waals surface area (Å²) in [6.45, 7) is 0.905. The van der Waals surface area contributed by atoms with Crippen LogP contribution in [0.2, 0.25) is 0 Å². The zero-order chi connectivity index (χ0) is 14.0. The number of halogens is 3. The van der Waals surface area contributed by atoms with E-state index >= 15 is 0 Å². The number of fused-ring (bicyclic) bond motifs is 1. The second-order valence-electron chi connectivity index (χ2n) is 4.57. The van der Waals surface area contributed by atoms with Gasteiger partial charge in [-0.15, -0.1) is 0 Å². The Morgan fingerprint density at radius 1 is 1.37 bits per heavy atom. The topological polar surface area (TPSA) is 45.9 Å². The van der Waals surface area contributed by atoms with Crippen molar-refractivity contribution in [3.8, 4) is 11.9 Å². The summed E-state index contributed by atoms with van der Waals surface area (Å²) in [5, 5.41) is 8.98. The number of hydrogen-bond donors (Lipinski definition) is 0. The van der Waals surface area contributed by atoms with Crippen molar-refractivity contribution in [2.75, 3.05) is 0 Å². The average molecular weight is 270 g/mol. The van der Waals surface area contributed by atoms with Crippen molar-refractivity contribution in [1.82, 2.24) is 4.98 Å². The molecule has 0 fully saturated rings. The monoisotopic (exact) mass is 270 g/mol. The molecule has 0 amide bonds. The Bertz CT molecular complexity index is 520. The summed E-state index contributed by atoms with van der Waals surface area (Å²) in [7, 11) is 0. The SMILES string of the molecule is CC(Oc1nc2c(cc1C#N)CCCC2)C(F)(F)F. The number of nitriles is 1. The molecule has 0 spiro atoms. The van der Waals surface area contributed by atoms with Crippen molar-refractivity contribution in [3.63, 3.8) is 0 Å². The van der Waals surface area contributed by atoms with Crippen molar-refractivity contribution in [1.29, 1.82) is 5.26 Å². The molecule has 0 N–H and O–H groups in total. The summed E-state index contributed by atoms with van der Waals surface area (Å²) in [5.74, 6) is -0.215. The first-order valence-corrected chi connectivity index (χ1v) is 6.08. The van der Waals surface area contributed by atoms with Crippen LogP contribution in [0.3, 0.4) is 0 Å². The molecule has 2 rings (SSSR count). The maximum atomic E-state index is 12.5. The maximum absolute atomic E-state index is 12.5. The molecule has 0 aromatic carbocycles. The van der Waals surface area contributed by atoms with Gasteiger partial charge in [-0.25, -0.2) is 4.98 Å². The van der Waals surface area contributed by atoms with Crippen LogP contribution in [0.4, 0.5) is 13.2 Å². The molecular weight excluding hydrogens is 257 g/mol. The minimum absolute atomic E-state index is 0.0664. The Morgan fingerprint density at radius 2 is 2.05 bits per heavy atom. The lowest BCUT2D eigenvalue weighted by atomic mass is 9.95. The van der Waals surface area contributed by atoms with Gasteiger partial charge in [0.15, 0.2) is 6.10 Å². The lowest BCUT2D eigenvalue weighted by molar-refractivity contribution is -0.190. The molecule has 1 aliphatic carbocycles. The van der Waals surface area contributed by atoms with Gasteiger partial charge in [0, 0.05) is 5.69 Å². The number of hydrogen-bond acceptors (Lipinski definition) is 3. The predicted molar refractivity (Wildman–Crippen MR) is 61.7 cm³/mol. The molecule has 6 heteroatoms. The molecule has 1 atom stereocenters. The minimum Gasteiger partial charge on any atom is -0.464 e. The smallest absolute Gasteiger partial charge is 0.425 e. The highest BCUT2D eigenvalue weighted by atomic mass is 19.4. The van der Waals surface area contributed by atoms with Crippen molar-refractivity contribution in [2.45, 2.75) is 44.9 Å². The van der Waals surface area contributed by atoms with Crippen LogP contribution in [0.15, 0.2) is 6.07 Å².